The second-order valence-electron chi connectivity index (χ2n) is 4.13. The smallest absolute Gasteiger partial charge is 0.337 e. The van der Waals surface area contributed by atoms with Gasteiger partial charge in [-0.3, -0.25) is 10.1 Å². The number of nitrogens with zero attached hydrogens (tertiary/aromatic N) is 2. The normalized spacial score (nSPS) is 10.1. The summed E-state index contributed by atoms with van der Waals surface area (Å²) in [5.41, 5.74) is 0.000790. The minimum absolute atomic E-state index is 0.0469. The number of pyridine rings is 1. The molecule has 7 nitrogen and oxygen atoms in total. The van der Waals surface area contributed by atoms with Crippen LogP contribution in [0.4, 0.5) is 15.9 Å². The second-order valence-corrected chi connectivity index (χ2v) is 4.13. The molecule has 0 atom stereocenters. The first-order chi connectivity index (χ1) is 9.97. The van der Waals surface area contributed by atoms with E-state index in [9.17, 15) is 19.3 Å². The molecule has 0 aliphatic rings. The van der Waals surface area contributed by atoms with Crippen LogP contribution >= 0.6 is 0 Å². The summed E-state index contributed by atoms with van der Waals surface area (Å²) in [6, 6.07) is 6.53. The number of rotatable bonds is 5. The summed E-state index contributed by atoms with van der Waals surface area (Å²) < 4.78 is 12.8. The summed E-state index contributed by atoms with van der Waals surface area (Å²) in [4.78, 5) is 24.7. The lowest BCUT2D eigenvalue weighted by molar-refractivity contribution is -0.384. The quantitative estimate of drug-likeness (QED) is 0.647. The van der Waals surface area contributed by atoms with Crippen LogP contribution in [0.1, 0.15) is 15.9 Å². The van der Waals surface area contributed by atoms with Crippen molar-refractivity contribution in [1.29, 1.82) is 0 Å². The minimum Gasteiger partial charge on any atom is -0.478 e. The van der Waals surface area contributed by atoms with Gasteiger partial charge in [0.1, 0.15) is 5.82 Å². The van der Waals surface area contributed by atoms with E-state index in [0.29, 0.717) is 5.56 Å². The van der Waals surface area contributed by atoms with Gasteiger partial charge in [-0.1, -0.05) is 12.1 Å². The molecule has 2 N–H and O–H groups in total. The maximum atomic E-state index is 12.8. The fraction of sp³-hybridized carbons (Fsp3) is 0.0769. The zero-order valence-electron chi connectivity index (χ0n) is 10.6. The SMILES string of the molecule is O=C(O)c1cnc(NCc2ccc(F)cc2)c([N+](=O)[O-])c1. The number of halogens is 1. The van der Waals surface area contributed by atoms with Crippen molar-refractivity contribution in [3.63, 3.8) is 0 Å². The van der Waals surface area contributed by atoms with E-state index in [-0.39, 0.29) is 23.7 Å². The van der Waals surface area contributed by atoms with Crippen LogP contribution in [0.25, 0.3) is 0 Å². The van der Waals surface area contributed by atoms with Crippen LogP contribution < -0.4 is 5.32 Å². The standard InChI is InChI=1S/C13H10FN3O4/c14-10-3-1-8(2-4-10)6-15-12-11(17(20)21)5-9(7-16-12)13(18)19/h1-5,7H,6H2,(H,15,16)(H,18,19). The average molecular weight is 291 g/mol. The van der Waals surface area contributed by atoms with Crippen molar-refractivity contribution in [3.05, 3.63) is 63.6 Å². The van der Waals surface area contributed by atoms with Gasteiger partial charge in [-0.15, -0.1) is 0 Å². The maximum absolute atomic E-state index is 12.8. The molecule has 1 aromatic heterocycles. The number of benzene rings is 1. The number of carboxylic acids is 1. The van der Waals surface area contributed by atoms with Gasteiger partial charge in [-0.2, -0.15) is 0 Å². The molecule has 0 bridgehead atoms. The summed E-state index contributed by atoms with van der Waals surface area (Å²) >= 11 is 0. The number of carboxylic acid groups (broad SMARTS) is 1. The molecular weight excluding hydrogens is 281 g/mol. The number of aromatic carboxylic acids is 1. The summed E-state index contributed by atoms with van der Waals surface area (Å²) in [5, 5.41) is 22.5. The van der Waals surface area contributed by atoms with Gasteiger partial charge in [0.2, 0.25) is 5.82 Å². The van der Waals surface area contributed by atoms with Gasteiger partial charge in [-0.25, -0.2) is 14.2 Å². The van der Waals surface area contributed by atoms with Crippen molar-refractivity contribution >= 4 is 17.5 Å². The van der Waals surface area contributed by atoms with E-state index >= 15 is 0 Å². The summed E-state index contributed by atoms with van der Waals surface area (Å²) in [7, 11) is 0. The van der Waals surface area contributed by atoms with Gasteiger partial charge in [0.25, 0.3) is 0 Å². The Morgan fingerprint density at radius 1 is 1.38 bits per heavy atom. The zero-order chi connectivity index (χ0) is 15.4. The predicted molar refractivity (Wildman–Crippen MR) is 71.6 cm³/mol. The van der Waals surface area contributed by atoms with E-state index in [2.05, 4.69) is 10.3 Å². The lowest BCUT2D eigenvalue weighted by Crippen LogP contribution is -2.07. The number of nitro groups is 1. The van der Waals surface area contributed by atoms with Gasteiger partial charge in [0.15, 0.2) is 0 Å². The summed E-state index contributed by atoms with van der Waals surface area (Å²) in [6.07, 6.45) is 1.03. The molecule has 0 amide bonds. The number of aromatic nitrogens is 1. The van der Waals surface area contributed by atoms with Crippen LogP contribution in [0.2, 0.25) is 0 Å². The van der Waals surface area contributed by atoms with E-state index in [1.54, 1.807) is 0 Å². The Bertz CT molecular complexity index is 688. The summed E-state index contributed by atoms with van der Waals surface area (Å²) in [5.74, 6) is -1.72. The fourth-order valence-corrected chi connectivity index (χ4v) is 1.63. The number of carbonyl (C=O) groups is 1. The first-order valence-corrected chi connectivity index (χ1v) is 5.83. The monoisotopic (exact) mass is 291 g/mol. The van der Waals surface area contributed by atoms with E-state index in [1.165, 1.54) is 24.3 Å². The van der Waals surface area contributed by atoms with Gasteiger partial charge in [0, 0.05) is 18.8 Å². The Labute approximate surface area is 118 Å². The Morgan fingerprint density at radius 3 is 2.62 bits per heavy atom. The highest BCUT2D eigenvalue weighted by Gasteiger charge is 2.18. The Hall–Kier alpha value is -3.03. The van der Waals surface area contributed by atoms with E-state index < -0.39 is 16.6 Å². The number of hydrogen-bond acceptors (Lipinski definition) is 5. The van der Waals surface area contributed by atoms with Crippen LogP contribution in [-0.2, 0) is 6.54 Å². The van der Waals surface area contributed by atoms with Crippen molar-refractivity contribution < 1.29 is 19.2 Å². The van der Waals surface area contributed by atoms with E-state index in [4.69, 9.17) is 5.11 Å². The molecule has 8 heteroatoms. The lowest BCUT2D eigenvalue weighted by Gasteiger charge is -2.07. The molecule has 2 aromatic rings. The fourth-order valence-electron chi connectivity index (χ4n) is 1.63. The maximum Gasteiger partial charge on any atom is 0.337 e. The lowest BCUT2D eigenvalue weighted by atomic mass is 10.2. The van der Waals surface area contributed by atoms with Gasteiger partial charge in [0.05, 0.1) is 10.5 Å². The van der Waals surface area contributed by atoms with Gasteiger partial charge >= 0.3 is 11.7 Å². The largest absolute Gasteiger partial charge is 0.478 e. The van der Waals surface area contributed by atoms with Crippen LogP contribution in [0.3, 0.4) is 0 Å². The molecule has 0 spiro atoms. The van der Waals surface area contributed by atoms with Gasteiger partial charge in [-0.05, 0) is 17.7 Å². The van der Waals surface area contributed by atoms with E-state index in [0.717, 1.165) is 12.3 Å². The molecule has 0 fully saturated rings. The van der Waals surface area contributed by atoms with Crippen LogP contribution in [0.5, 0.6) is 0 Å². The Morgan fingerprint density at radius 2 is 2.05 bits per heavy atom. The van der Waals surface area contributed by atoms with Crippen molar-refractivity contribution in [2.45, 2.75) is 6.54 Å². The molecule has 0 saturated heterocycles. The van der Waals surface area contributed by atoms with Crippen molar-refractivity contribution in [2.75, 3.05) is 5.32 Å². The molecule has 0 saturated carbocycles. The highest BCUT2D eigenvalue weighted by Crippen LogP contribution is 2.23. The highest BCUT2D eigenvalue weighted by molar-refractivity contribution is 5.88. The number of hydrogen-bond donors (Lipinski definition) is 2. The van der Waals surface area contributed by atoms with Gasteiger partial charge < -0.3 is 10.4 Å². The third-order valence-electron chi connectivity index (χ3n) is 2.68. The third-order valence-corrected chi connectivity index (χ3v) is 2.68. The number of nitrogens with one attached hydrogen (secondary N) is 1. The molecule has 1 aromatic carbocycles. The van der Waals surface area contributed by atoms with Crippen molar-refractivity contribution in [2.24, 2.45) is 0 Å². The second kappa shape index (κ2) is 5.95. The predicted octanol–water partition coefficient (Wildman–Crippen LogP) is 2.44. The van der Waals surface area contributed by atoms with E-state index in [1.807, 2.05) is 0 Å². The first-order valence-electron chi connectivity index (χ1n) is 5.83. The summed E-state index contributed by atoms with van der Waals surface area (Å²) in [6.45, 7) is 0.195. The Kier molecular flexibility index (Phi) is 4.07. The molecular formula is C13H10FN3O4. The molecule has 1 heterocycles. The highest BCUT2D eigenvalue weighted by atomic mass is 19.1. The van der Waals surface area contributed by atoms with Crippen LogP contribution in [0, 0.1) is 15.9 Å². The molecule has 0 unspecified atom stereocenters. The molecule has 0 aliphatic carbocycles. The molecule has 0 aliphatic heterocycles. The van der Waals surface area contributed by atoms with Crippen LogP contribution in [0.15, 0.2) is 36.5 Å². The molecule has 0 radical (unpaired) electrons. The van der Waals surface area contributed by atoms with Crippen molar-refractivity contribution in [1.82, 2.24) is 4.98 Å². The number of anilines is 1. The molecule has 108 valence electrons. The average Bonchev–Trinajstić information content (AvgIpc) is 2.46. The molecule has 2 rings (SSSR count). The third kappa shape index (κ3) is 3.50. The zero-order valence-corrected chi connectivity index (χ0v) is 10.6. The topological polar surface area (TPSA) is 105 Å². The Balaban J connectivity index is 2.21. The molecule has 21 heavy (non-hydrogen) atoms. The minimum atomic E-state index is -1.30. The van der Waals surface area contributed by atoms with Crippen molar-refractivity contribution in [3.8, 4) is 0 Å². The van der Waals surface area contributed by atoms with Crippen LogP contribution in [-0.4, -0.2) is 21.0 Å². The first kappa shape index (κ1) is 14.4.